The van der Waals surface area contributed by atoms with E-state index in [1.165, 1.54) is 7.05 Å². The van der Waals surface area contributed by atoms with Gasteiger partial charge >= 0.3 is 6.18 Å². The molecule has 0 atom stereocenters. The number of hydrogen-bond acceptors (Lipinski definition) is 3. The summed E-state index contributed by atoms with van der Waals surface area (Å²) < 4.78 is 67.9. The van der Waals surface area contributed by atoms with E-state index in [1.807, 2.05) is 0 Å². The molecule has 0 aliphatic rings. The highest BCUT2D eigenvalue weighted by molar-refractivity contribution is 7.99. The summed E-state index contributed by atoms with van der Waals surface area (Å²) in [5.41, 5.74) is -2.60. The number of rotatable bonds is 5. The van der Waals surface area contributed by atoms with Gasteiger partial charge in [-0.3, -0.25) is 14.4 Å². The van der Waals surface area contributed by atoms with E-state index < -0.39 is 34.9 Å². The van der Waals surface area contributed by atoms with Gasteiger partial charge in [-0.25, -0.2) is 8.78 Å². The molecule has 0 aliphatic carbocycles. The van der Waals surface area contributed by atoms with Crippen molar-refractivity contribution >= 4 is 29.5 Å². The van der Waals surface area contributed by atoms with Crippen molar-refractivity contribution in [3.05, 3.63) is 35.5 Å². The Bertz CT molecular complexity index is 841. The summed E-state index contributed by atoms with van der Waals surface area (Å²) in [6.45, 7) is 0. The maximum atomic E-state index is 14.0. The van der Waals surface area contributed by atoms with E-state index in [-0.39, 0.29) is 17.2 Å². The number of carbonyl (C=O) groups excluding carboxylic acids is 1. The van der Waals surface area contributed by atoms with Crippen LogP contribution in [0.5, 0.6) is 0 Å². The average molecular weight is 375 g/mol. The molecule has 25 heavy (non-hydrogen) atoms. The minimum absolute atomic E-state index is 0.00241. The standard InChI is InChI=1S/C15H10F5N3OS/c1-3-6-25-14-12(13(15(18,19)20)21-22(14)2)23(8-24)11-5-4-9(16)7-10(11)17/h1,4-5,7-8H,6H2,2H3. The number of aromatic nitrogens is 2. The molecule has 0 spiro atoms. The van der Waals surface area contributed by atoms with Gasteiger partial charge in [0.1, 0.15) is 22.3 Å². The molecule has 2 aromatic rings. The first kappa shape index (κ1) is 18.8. The van der Waals surface area contributed by atoms with Crippen molar-refractivity contribution < 1.29 is 26.7 Å². The van der Waals surface area contributed by atoms with Crippen LogP contribution in [0, 0.1) is 24.0 Å². The number of benzene rings is 1. The smallest absolute Gasteiger partial charge is 0.278 e. The first-order valence-corrected chi connectivity index (χ1v) is 7.59. The zero-order valence-electron chi connectivity index (χ0n) is 12.6. The molecule has 0 N–H and O–H groups in total. The molecule has 4 nitrogen and oxygen atoms in total. The number of thioether (sulfide) groups is 1. The van der Waals surface area contributed by atoms with Gasteiger partial charge in [-0.05, 0) is 12.1 Å². The molecule has 0 saturated heterocycles. The van der Waals surface area contributed by atoms with Crippen molar-refractivity contribution in [1.29, 1.82) is 0 Å². The molecular weight excluding hydrogens is 365 g/mol. The van der Waals surface area contributed by atoms with Gasteiger partial charge in [-0.1, -0.05) is 17.7 Å². The summed E-state index contributed by atoms with van der Waals surface area (Å²) in [7, 11) is 1.24. The topological polar surface area (TPSA) is 38.1 Å². The van der Waals surface area contributed by atoms with Crippen molar-refractivity contribution in [2.75, 3.05) is 10.7 Å². The predicted molar refractivity (Wildman–Crippen MR) is 82.3 cm³/mol. The number of alkyl halides is 3. The number of aryl methyl sites for hydroxylation is 1. The van der Waals surface area contributed by atoms with Crippen LogP contribution in [0.4, 0.5) is 33.3 Å². The minimum Gasteiger partial charge on any atom is -0.278 e. The lowest BCUT2D eigenvalue weighted by molar-refractivity contribution is -0.140. The van der Waals surface area contributed by atoms with Crippen molar-refractivity contribution in [2.24, 2.45) is 7.05 Å². The average Bonchev–Trinajstić information content (AvgIpc) is 2.85. The van der Waals surface area contributed by atoms with Crippen LogP contribution < -0.4 is 4.90 Å². The third-order valence-corrected chi connectivity index (χ3v) is 4.09. The van der Waals surface area contributed by atoms with Crippen LogP contribution >= 0.6 is 11.8 Å². The minimum atomic E-state index is -4.90. The lowest BCUT2D eigenvalue weighted by Gasteiger charge is -2.20. The molecule has 0 saturated carbocycles. The third kappa shape index (κ3) is 3.76. The van der Waals surface area contributed by atoms with E-state index in [4.69, 9.17) is 6.42 Å². The number of carbonyl (C=O) groups is 1. The second kappa shape index (κ2) is 7.14. The van der Waals surface area contributed by atoms with Gasteiger partial charge in [0, 0.05) is 13.1 Å². The zero-order chi connectivity index (χ0) is 18.8. The van der Waals surface area contributed by atoms with E-state index in [9.17, 15) is 26.7 Å². The summed E-state index contributed by atoms with van der Waals surface area (Å²) in [5.74, 6) is 0.115. The molecule has 1 aromatic heterocycles. The Labute approximate surface area is 143 Å². The van der Waals surface area contributed by atoms with Gasteiger partial charge in [0.25, 0.3) is 0 Å². The van der Waals surface area contributed by atoms with Gasteiger partial charge in [0.2, 0.25) is 6.41 Å². The lowest BCUT2D eigenvalue weighted by atomic mass is 10.2. The van der Waals surface area contributed by atoms with E-state index in [1.54, 1.807) is 0 Å². The molecule has 0 bridgehead atoms. The number of nitrogens with zero attached hydrogens (tertiary/aromatic N) is 3. The SMILES string of the molecule is C#CCSc1c(N(C=O)c2ccc(F)cc2F)c(C(F)(F)F)nn1C. The summed E-state index contributed by atoms with van der Waals surface area (Å²) in [6.07, 6.45) is 0.222. The van der Waals surface area contributed by atoms with E-state index in [2.05, 4.69) is 11.0 Å². The molecule has 0 fully saturated rings. The molecule has 132 valence electrons. The van der Waals surface area contributed by atoms with Crippen molar-refractivity contribution in [3.63, 3.8) is 0 Å². The molecule has 1 amide bonds. The molecule has 0 radical (unpaired) electrons. The fourth-order valence-electron chi connectivity index (χ4n) is 2.08. The fraction of sp³-hybridized carbons (Fsp3) is 0.200. The Morgan fingerprint density at radius 1 is 1.40 bits per heavy atom. The summed E-state index contributed by atoms with van der Waals surface area (Å²) in [4.78, 5) is 11.9. The van der Waals surface area contributed by atoms with Crippen molar-refractivity contribution in [2.45, 2.75) is 11.2 Å². The van der Waals surface area contributed by atoms with E-state index >= 15 is 0 Å². The highest BCUT2D eigenvalue weighted by Crippen LogP contribution is 2.43. The van der Waals surface area contributed by atoms with Crippen molar-refractivity contribution in [1.82, 2.24) is 9.78 Å². The zero-order valence-corrected chi connectivity index (χ0v) is 13.5. The number of terminal acetylenes is 1. The van der Waals surface area contributed by atoms with Gasteiger partial charge in [0.05, 0.1) is 11.4 Å². The first-order valence-electron chi connectivity index (χ1n) is 6.60. The Balaban J connectivity index is 2.72. The summed E-state index contributed by atoms with van der Waals surface area (Å²) in [6, 6.07) is 2.15. The fourth-order valence-corrected chi connectivity index (χ4v) is 2.86. The first-order chi connectivity index (χ1) is 11.7. The van der Waals surface area contributed by atoms with Crippen LogP contribution in [0.15, 0.2) is 23.2 Å². The second-order valence-corrected chi connectivity index (χ2v) is 5.65. The molecule has 1 aromatic carbocycles. The number of anilines is 2. The Morgan fingerprint density at radius 3 is 2.60 bits per heavy atom. The van der Waals surface area contributed by atoms with Crippen molar-refractivity contribution in [3.8, 4) is 12.3 Å². The molecule has 0 unspecified atom stereocenters. The number of halogens is 5. The van der Waals surface area contributed by atoms with Gasteiger partial charge in [0.15, 0.2) is 5.69 Å². The van der Waals surface area contributed by atoms with Crippen LogP contribution in [-0.2, 0) is 18.0 Å². The largest absolute Gasteiger partial charge is 0.437 e. The van der Waals surface area contributed by atoms with Crippen LogP contribution in [0.3, 0.4) is 0 Å². The van der Waals surface area contributed by atoms with E-state index in [0.29, 0.717) is 11.0 Å². The Hall–Kier alpha value is -2.54. The molecule has 1 heterocycles. The predicted octanol–water partition coefficient (Wildman–Crippen LogP) is 3.74. The normalized spacial score (nSPS) is 11.2. The van der Waals surface area contributed by atoms with Crippen LogP contribution in [0.2, 0.25) is 0 Å². The van der Waals surface area contributed by atoms with Gasteiger partial charge in [-0.2, -0.15) is 18.3 Å². The summed E-state index contributed by atoms with van der Waals surface area (Å²) in [5, 5.41) is 3.30. The Morgan fingerprint density at radius 2 is 2.08 bits per heavy atom. The van der Waals surface area contributed by atoms with Gasteiger partial charge in [-0.15, -0.1) is 6.42 Å². The van der Waals surface area contributed by atoms with Gasteiger partial charge < -0.3 is 0 Å². The molecule has 0 aliphatic heterocycles. The van der Waals surface area contributed by atoms with Crippen LogP contribution in [0.25, 0.3) is 0 Å². The number of hydrogen-bond donors (Lipinski definition) is 0. The van der Waals surface area contributed by atoms with Crippen LogP contribution in [-0.4, -0.2) is 21.9 Å². The Kier molecular flexibility index (Phi) is 5.37. The maximum Gasteiger partial charge on any atom is 0.437 e. The monoisotopic (exact) mass is 375 g/mol. The highest BCUT2D eigenvalue weighted by Gasteiger charge is 2.41. The van der Waals surface area contributed by atoms with E-state index in [0.717, 1.165) is 28.6 Å². The maximum absolute atomic E-state index is 14.0. The third-order valence-electron chi connectivity index (χ3n) is 3.05. The quantitative estimate of drug-likeness (QED) is 0.346. The highest BCUT2D eigenvalue weighted by atomic mass is 32.2. The number of amides is 1. The molecular formula is C15H10F5N3OS. The molecule has 2 rings (SSSR count). The summed E-state index contributed by atoms with van der Waals surface area (Å²) >= 11 is 0.825. The molecule has 10 heteroatoms. The van der Waals surface area contributed by atoms with Crippen LogP contribution in [0.1, 0.15) is 5.69 Å². The lowest BCUT2D eigenvalue weighted by Crippen LogP contribution is -2.20. The second-order valence-electron chi connectivity index (χ2n) is 4.69.